The van der Waals surface area contributed by atoms with Crippen LogP contribution in [-0.4, -0.2) is 96.7 Å². The van der Waals surface area contributed by atoms with Crippen molar-refractivity contribution < 1.29 is 80.2 Å². The lowest BCUT2D eigenvalue weighted by molar-refractivity contribution is -0.161. The van der Waals surface area contributed by atoms with E-state index in [1.807, 2.05) is 0 Å². The molecule has 0 bridgehead atoms. The maximum atomic E-state index is 13.1. The van der Waals surface area contributed by atoms with Crippen molar-refractivity contribution >= 4 is 39.5 Å². The molecule has 19 heteroatoms. The van der Waals surface area contributed by atoms with Gasteiger partial charge in [-0.2, -0.15) is 0 Å². The minimum Gasteiger partial charge on any atom is -0.462 e. The van der Waals surface area contributed by atoms with Gasteiger partial charge in [0.25, 0.3) is 0 Å². The fraction of sp³-hybridized carbons (Fsp3) is 0.947. The van der Waals surface area contributed by atoms with Gasteiger partial charge in [0.1, 0.15) is 19.3 Å². The molecule has 2 unspecified atom stereocenters. The number of carbonyl (C=O) groups is 4. The Morgan fingerprint density at radius 3 is 0.716 bits per heavy atom. The van der Waals surface area contributed by atoms with Gasteiger partial charge in [-0.1, -0.05) is 337 Å². The van der Waals surface area contributed by atoms with Gasteiger partial charge in [0, 0.05) is 25.7 Å². The van der Waals surface area contributed by atoms with Gasteiger partial charge in [-0.05, 0) is 43.4 Å². The second kappa shape index (κ2) is 66.6. The number of rotatable bonds is 74. The lowest BCUT2D eigenvalue weighted by atomic mass is 10.0. The summed E-state index contributed by atoms with van der Waals surface area (Å²) in [6.45, 7) is 11.8. The number of aliphatic hydroxyl groups excluding tert-OH is 1. The van der Waals surface area contributed by atoms with Gasteiger partial charge < -0.3 is 33.8 Å². The zero-order valence-electron chi connectivity index (χ0n) is 62.1. The van der Waals surface area contributed by atoms with Gasteiger partial charge in [-0.25, -0.2) is 9.13 Å². The Morgan fingerprint density at radius 2 is 0.484 bits per heavy atom. The highest BCUT2D eigenvalue weighted by molar-refractivity contribution is 7.47. The standard InChI is InChI=1S/C76H148O17P2/c1-8-9-10-11-12-13-14-15-16-17-18-19-20-21-22-29-38-45-52-59-75(80)92-71(63-86-73(78)57-50-43-36-30-23-26-33-40-47-54-67(2)3)65-90-94(82,83)88-61-70(77)62-89-95(84,85)91-66-72(93-76(81)60-53-46-39-32-25-28-35-42-49-56-69(6)7)64-87-74(79)58-51-44-37-31-24-27-34-41-48-55-68(4)5/h67-72,77H,8-66H2,1-7H3,(H,82,83)(H,84,85)/t70-,71-,72-/m1/s1. The van der Waals surface area contributed by atoms with Gasteiger partial charge in [-0.3, -0.25) is 37.3 Å². The highest BCUT2D eigenvalue weighted by Crippen LogP contribution is 2.45. The van der Waals surface area contributed by atoms with Gasteiger partial charge in [0.05, 0.1) is 26.4 Å². The number of aliphatic hydroxyl groups is 1. The highest BCUT2D eigenvalue weighted by Gasteiger charge is 2.30. The molecule has 0 aromatic rings. The first-order chi connectivity index (χ1) is 45.7. The van der Waals surface area contributed by atoms with Crippen molar-refractivity contribution in [1.29, 1.82) is 0 Å². The maximum Gasteiger partial charge on any atom is 0.472 e. The van der Waals surface area contributed by atoms with Crippen LogP contribution in [0.25, 0.3) is 0 Å². The number of hydrogen-bond donors (Lipinski definition) is 3. The minimum absolute atomic E-state index is 0.105. The van der Waals surface area contributed by atoms with Crippen molar-refractivity contribution in [3.63, 3.8) is 0 Å². The molecule has 0 rings (SSSR count). The predicted molar refractivity (Wildman–Crippen MR) is 386 cm³/mol. The van der Waals surface area contributed by atoms with Gasteiger partial charge >= 0.3 is 39.5 Å². The Kier molecular flexibility index (Phi) is 65.2. The molecule has 0 saturated heterocycles. The third-order valence-corrected chi connectivity index (χ3v) is 19.5. The number of unbranched alkanes of at least 4 members (excludes halogenated alkanes) is 42. The normalized spacial score (nSPS) is 14.1. The molecule has 564 valence electrons. The molecule has 95 heavy (non-hydrogen) atoms. The minimum atomic E-state index is -4.96. The fourth-order valence-corrected chi connectivity index (χ4v) is 13.2. The molecular weight excluding hydrogens is 1250 g/mol. The molecule has 0 spiro atoms. The number of carbonyl (C=O) groups excluding carboxylic acids is 4. The number of phosphoric ester groups is 2. The molecular formula is C76H148O17P2. The molecule has 0 aliphatic heterocycles. The van der Waals surface area contributed by atoms with Crippen molar-refractivity contribution in [2.75, 3.05) is 39.6 Å². The average Bonchev–Trinajstić information content (AvgIpc) is 1.62. The van der Waals surface area contributed by atoms with Crippen LogP contribution in [0, 0.1) is 17.8 Å². The summed E-state index contributed by atoms with van der Waals surface area (Å²) >= 11 is 0. The summed E-state index contributed by atoms with van der Waals surface area (Å²) in [4.78, 5) is 72.8. The fourth-order valence-electron chi connectivity index (χ4n) is 11.6. The van der Waals surface area contributed by atoms with Crippen LogP contribution in [0.3, 0.4) is 0 Å². The van der Waals surface area contributed by atoms with Crippen LogP contribution >= 0.6 is 15.6 Å². The van der Waals surface area contributed by atoms with E-state index in [1.54, 1.807) is 0 Å². The summed E-state index contributed by atoms with van der Waals surface area (Å²) in [5, 5.41) is 10.6. The second-order valence-corrected chi connectivity index (χ2v) is 31.7. The summed E-state index contributed by atoms with van der Waals surface area (Å²) in [7, 11) is -9.91. The maximum absolute atomic E-state index is 13.1. The molecule has 0 heterocycles. The van der Waals surface area contributed by atoms with Crippen molar-refractivity contribution in [3.05, 3.63) is 0 Å². The third-order valence-electron chi connectivity index (χ3n) is 17.6. The zero-order chi connectivity index (χ0) is 70.1. The first-order valence-corrected chi connectivity index (χ1v) is 42.3. The molecule has 0 aliphatic rings. The first kappa shape index (κ1) is 93.1. The number of ether oxygens (including phenoxy) is 4. The molecule has 17 nitrogen and oxygen atoms in total. The van der Waals surface area contributed by atoms with E-state index in [-0.39, 0.29) is 25.7 Å². The zero-order valence-corrected chi connectivity index (χ0v) is 63.9. The topological polar surface area (TPSA) is 237 Å². The molecule has 0 aliphatic carbocycles. The molecule has 0 amide bonds. The summed E-state index contributed by atoms with van der Waals surface area (Å²) in [6, 6.07) is 0. The van der Waals surface area contributed by atoms with Crippen molar-refractivity contribution in [2.24, 2.45) is 17.8 Å². The Balaban J connectivity index is 5.23. The third kappa shape index (κ3) is 70.3. The summed E-state index contributed by atoms with van der Waals surface area (Å²) < 4.78 is 68.5. The molecule has 0 radical (unpaired) electrons. The van der Waals surface area contributed by atoms with Crippen LogP contribution < -0.4 is 0 Å². The molecule has 0 saturated carbocycles. The van der Waals surface area contributed by atoms with E-state index in [2.05, 4.69) is 48.5 Å². The lowest BCUT2D eigenvalue weighted by Crippen LogP contribution is -2.30. The number of phosphoric acid groups is 2. The van der Waals surface area contributed by atoms with Gasteiger partial charge in [-0.15, -0.1) is 0 Å². The average molecular weight is 1400 g/mol. The Labute approximate surface area is 581 Å². The van der Waals surface area contributed by atoms with E-state index in [0.29, 0.717) is 25.7 Å². The lowest BCUT2D eigenvalue weighted by Gasteiger charge is -2.21. The van der Waals surface area contributed by atoms with Gasteiger partial charge in [0.15, 0.2) is 12.2 Å². The van der Waals surface area contributed by atoms with Crippen molar-refractivity contribution in [1.82, 2.24) is 0 Å². The van der Waals surface area contributed by atoms with Crippen LogP contribution in [0.2, 0.25) is 0 Å². The van der Waals surface area contributed by atoms with Crippen LogP contribution in [0.15, 0.2) is 0 Å². The number of hydrogen-bond acceptors (Lipinski definition) is 15. The predicted octanol–water partition coefficient (Wildman–Crippen LogP) is 22.2. The molecule has 5 atom stereocenters. The second-order valence-electron chi connectivity index (χ2n) is 28.8. The van der Waals surface area contributed by atoms with E-state index in [1.165, 1.54) is 199 Å². The Hall–Kier alpha value is -1.94. The molecule has 0 aromatic heterocycles. The van der Waals surface area contributed by atoms with Crippen LogP contribution in [-0.2, 0) is 65.4 Å². The summed E-state index contributed by atoms with van der Waals surface area (Å²) in [5.41, 5.74) is 0. The summed E-state index contributed by atoms with van der Waals surface area (Å²) in [5.74, 6) is 0.105. The molecule has 0 aromatic carbocycles. The summed E-state index contributed by atoms with van der Waals surface area (Å²) in [6.07, 6.45) is 52.8. The van der Waals surface area contributed by atoms with E-state index < -0.39 is 97.5 Å². The largest absolute Gasteiger partial charge is 0.472 e. The highest BCUT2D eigenvalue weighted by atomic mass is 31.2. The van der Waals surface area contributed by atoms with E-state index in [9.17, 15) is 43.2 Å². The molecule has 0 fully saturated rings. The van der Waals surface area contributed by atoms with Crippen molar-refractivity contribution in [3.8, 4) is 0 Å². The van der Waals surface area contributed by atoms with E-state index >= 15 is 0 Å². The van der Waals surface area contributed by atoms with Crippen LogP contribution in [0.4, 0.5) is 0 Å². The Bertz CT molecular complexity index is 1850. The van der Waals surface area contributed by atoms with Crippen molar-refractivity contribution in [2.45, 2.75) is 407 Å². The number of esters is 4. The smallest absolute Gasteiger partial charge is 0.462 e. The van der Waals surface area contributed by atoms with Gasteiger partial charge in [0.2, 0.25) is 0 Å². The van der Waals surface area contributed by atoms with Crippen LogP contribution in [0.5, 0.6) is 0 Å². The first-order valence-electron chi connectivity index (χ1n) is 39.3. The van der Waals surface area contributed by atoms with E-state index in [0.717, 1.165) is 108 Å². The molecule has 3 N–H and O–H groups in total. The van der Waals surface area contributed by atoms with E-state index in [4.69, 9.17) is 37.0 Å². The quantitative estimate of drug-likeness (QED) is 0.0222. The van der Waals surface area contributed by atoms with Crippen LogP contribution in [0.1, 0.15) is 389 Å². The SMILES string of the molecule is CCCCCCCCCCCCCCCCCCCCCC(=O)O[C@H](COC(=O)CCCCCCCCCCCC(C)C)COP(=O)(O)OC[C@@H](O)COP(=O)(O)OC[C@@H](COC(=O)CCCCCCCCCCCC(C)C)OC(=O)CCCCCCCCCCCC(C)C. The monoisotopic (exact) mass is 1400 g/mol. The Morgan fingerprint density at radius 1 is 0.284 bits per heavy atom.